The molecule has 1 saturated heterocycles. The Morgan fingerprint density at radius 3 is 2.36 bits per heavy atom. The van der Waals surface area contributed by atoms with Crippen LogP contribution in [0.4, 0.5) is 0 Å². The Balaban J connectivity index is 1.76. The van der Waals surface area contributed by atoms with E-state index in [0.29, 0.717) is 22.6 Å². The van der Waals surface area contributed by atoms with Gasteiger partial charge in [0.1, 0.15) is 31.0 Å². The van der Waals surface area contributed by atoms with Gasteiger partial charge >= 0.3 is 11.9 Å². The van der Waals surface area contributed by atoms with E-state index < -0.39 is 61.5 Å². The van der Waals surface area contributed by atoms with Crippen LogP contribution in [0.3, 0.4) is 0 Å². The van der Waals surface area contributed by atoms with Crippen LogP contribution in [0.5, 0.6) is 11.5 Å². The van der Waals surface area contributed by atoms with Crippen LogP contribution in [0.15, 0.2) is 41.7 Å². The van der Waals surface area contributed by atoms with Gasteiger partial charge in [0, 0.05) is 11.5 Å². The Morgan fingerprint density at radius 2 is 1.74 bits per heavy atom. The van der Waals surface area contributed by atoms with Gasteiger partial charge in [0.15, 0.2) is 17.8 Å². The fourth-order valence-corrected chi connectivity index (χ4v) is 4.29. The molecule has 13 heteroatoms. The molecule has 0 unspecified atom stereocenters. The van der Waals surface area contributed by atoms with Crippen molar-refractivity contribution in [2.24, 2.45) is 5.92 Å². The summed E-state index contributed by atoms with van der Waals surface area (Å²) in [7, 11) is 4.17. The minimum Gasteiger partial charge on any atom is -0.493 e. The fraction of sp³-hybridized carbons (Fsp3) is 0.538. The highest BCUT2D eigenvalue weighted by Gasteiger charge is 2.46. The van der Waals surface area contributed by atoms with Crippen LogP contribution in [-0.4, -0.2) is 97.3 Å². The Bertz CT molecular complexity index is 1070. The zero-order valence-corrected chi connectivity index (χ0v) is 22.0. The molecule has 0 bridgehead atoms. The van der Waals surface area contributed by atoms with Gasteiger partial charge in [0.2, 0.25) is 6.29 Å². The third kappa shape index (κ3) is 6.87. The van der Waals surface area contributed by atoms with Crippen LogP contribution >= 0.6 is 0 Å². The standard InChI is InChI=1S/C26H34O13/c1-5-14-15(9-20(28)36-11-13-6-7-17(33-2)18(8-13)34-3)16(24(32)35-4)12-37-25(14)39-26-23(31)22(30)21(29)19(10-27)38-26/h5-8,12,15,19,21-23,25-27,29-31H,9-11H2,1-4H3/b14-5+/t15-,19+,21+,22-,23+,25-,26-/m0/s1. The number of carbonyl (C=O) groups is 2. The minimum absolute atomic E-state index is 0.0299. The number of hydrogen-bond acceptors (Lipinski definition) is 13. The van der Waals surface area contributed by atoms with Crippen molar-refractivity contribution in [3.05, 3.63) is 47.2 Å². The van der Waals surface area contributed by atoms with Crippen molar-refractivity contribution >= 4 is 11.9 Å². The number of hydrogen-bond donors (Lipinski definition) is 4. The second-order valence-electron chi connectivity index (χ2n) is 8.76. The molecule has 2 heterocycles. The first-order valence-electron chi connectivity index (χ1n) is 12.1. The summed E-state index contributed by atoms with van der Waals surface area (Å²) in [4.78, 5) is 25.3. The highest BCUT2D eigenvalue weighted by atomic mass is 16.8. The maximum Gasteiger partial charge on any atom is 0.337 e. The number of ether oxygens (including phenoxy) is 7. The van der Waals surface area contributed by atoms with Crippen LogP contribution < -0.4 is 9.47 Å². The SMILES string of the molecule is C/C=C1/[C@H](O[C@@H]2O[C@H](CO)[C@@H](O)[C@H](O)[C@H]2O)OC=C(C(=O)OC)[C@H]1CC(=O)OCc1ccc(OC)c(OC)c1. The molecule has 0 aliphatic carbocycles. The molecule has 0 aromatic heterocycles. The smallest absolute Gasteiger partial charge is 0.337 e. The molecule has 13 nitrogen and oxygen atoms in total. The summed E-state index contributed by atoms with van der Waals surface area (Å²) in [6.07, 6.45) is -6.52. The topological polar surface area (TPSA) is 180 Å². The van der Waals surface area contributed by atoms with Crippen molar-refractivity contribution < 1.29 is 63.2 Å². The highest BCUT2D eigenvalue weighted by Crippen LogP contribution is 2.36. The number of methoxy groups -OCH3 is 3. The molecule has 7 atom stereocenters. The molecule has 1 aromatic carbocycles. The lowest BCUT2D eigenvalue weighted by Crippen LogP contribution is -2.60. The van der Waals surface area contributed by atoms with Crippen molar-refractivity contribution in [1.29, 1.82) is 0 Å². The van der Waals surface area contributed by atoms with E-state index in [4.69, 9.17) is 33.2 Å². The van der Waals surface area contributed by atoms with E-state index >= 15 is 0 Å². The number of rotatable bonds is 10. The van der Waals surface area contributed by atoms with Crippen LogP contribution in [0.2, 0.25) is 0 Å². The van der Waals surface area contributed by atoms with Crippen LogP contribution in [0.1, 0.15) is 18.9 Å². The number of carbonyl (C=O) groups excluding carboxylic acids is 2. The van der Waals surface area contributed by atoms with Crippen molar-refractivity contribution in [1.82, 2.24) is 0 Å². The summed E-state index contributed by atoms with van der Waals surface area (Å²) >= 11 is 0. The molecule has 1 fully saturated rings. The molecule has 216 valence electrons. The number of benzene rings is 1. The van der Waals surface area contributed by atoms with E-state index in [2.05, 4.69) is 0 Å². The van der Waals surface area contributed by atoms with Gasteiger partial charge < -0.3 is 53.6 Å². The Labute approximate surface area is 225 Å². The van der Waals surface area contributed by atoms with Gasteiger partial charge in [-0.25, -0.2) is 4.79 Å². The molecule has 2 aliphatic rings. The van der Waals surface area contributed by atoms with E-state index in [1.165, 1.54) is 21.3 Å². The summed E-state index contributed by atoms with van der Waals surface area (Å²) in [5.74, 6) is -1.28. The van der Waals surface area contributed by atoms with E-state index in [1.807, 2.05) is 0 Å². The average molecular weight is 555 g/mol. The van der Waals surface area contributed by atoms with Crippen molar-refractivity contribution in [2.45, 2.75) is 56.9 Å². The predicted octanol–water partition coefficient (Wildman–Crippen LogP) is -0.0707. The summed E-state index contributed by atoms with van der Waals surface area (Å²) in [5.41, 5.74) is 0.993. The number of esters is 2. The van der Waals surface area contributed by atoms with Crippen LogP contribution in [-0.2, 0) is 39.9 Å². The second-order valence-corrected chi connectivity index (χ2v) is 8.76. The average Bonchev–Trinajstić information content (AvgIpc) is 2.95. The molecule has 0 radical (unpaired) electrons. The first-order valence-corrected chi connectivity index (χ1v) is 12.1. The molecule has 2 aliphatic heterocycles. The van der Waals surface area contributed by atoms with E-state index in [0.717, 1.165) is 6.26 Å². The highest BCUT2D eigenvalue weighted by molar-refractivity contribution is 5.90. The lowest BCUT2D eigenvalue weighted by molar-refractivity contribution is -0.327. The van der Waals surface area contributed by atoms with Gasteiger partial charge in [-0.05, 0) is 24.6 Å². The third-order valence-electron chi connectivity index (χ3n) is 6.45. The van der Waals surface area contributed by atoms with E-state index in [9.17, 15) is 30.0 Å². The van der Waals surface area contributed by atoms with Gasteiger partial charge in [-0.3, -0.25) is 4.79 Å². The lowest BCUT2D eigenvalue weighted by atomic mass is 9.86. The second kappa shape index (κ2) is 13.7. The monoisotopic (exact) mass is 554 g/mol. The summed E-state index contributed by atoms with van der Waals surface area (Å²) < 4.78 is 37.4. The molecule has 39 heavy (non-hydrogen) atoms. The first-order chi connectivity index (χ1) is 18.7. The van der Waals surface area contributed by atoms with Gasteiger partial charge in [-0.15, -0.1) is 0 Å². The third-order valence-corrected chi connectivity index (χ3v) is 6.45. The van der Waals surface area contributed by atoms with Gasteiger partial charge in [0.05, 0.1) is 46.2 Å². The van der Waals surface area contributed by atoms with Crippen molar-refractivity contribution in [3.63, 3.8) is 0 Å². The first kappa shape index (κ1) is 30.3. The van der Waals surface area contributed by atoms with Crippen molar-refractivity contribution in [2.75, 3.05) is 27.9 Å². The molecule has 0 spiro atoms. The minimum atomic E-state index is -1.68. The zero-order valence-electron chi connectivity index (χ0n) is 22.0. The molecular formula is C26H34O13. The van der Waals surface area contributed by atoms with Gasteiger partial charge in [0.25, 0.3) is 0 Å². The molecule has 1 aromatic rings. The van der Waals surface area contributed by atoms with Gasteiger partial charge in [-0.1, -0.05) is 12.1 Å². The fourth-order valence-electron chi connectivity index (χ4n) is 4.29. The van der Waals surface area contributed by atoms with Gasteiger partial charge in [-0.2, -0.15) is 0 Å². The number of aliphatic hydroxyl groups excluding tert-OH is 4. The maximum atomic E-state index is 12.9. The molecular weight excluding hydrogens is 520 g/mol. The molecule has 0 saturated carbocycles. The number of aliphatic hydroxyl groups is 4. The quantitative estimate of drug-likeness (QED) is 0.223. The maximum absolute atomic E-state index is 12.9. The van der Waals surface area contributed by atoms with E-state index in [-0.39, 0.29) is 18.6 Å². The Morgan fingerprint density at radius 1 is 1.03 bits per heavy atom. The predicted molar refractivity (Wildman–Crippen MR) is 131 cm³/mol. The van der Waals surface area contributed by atoms with Crippen molar-refractivity contribution in [3.8, 4) is 11.5 Å². The van der Waals surface area contributed by atoms with E-state index in [1.54, 1.807) is 31.2 Å². The molecule has 0 amide bonds. The zero-order chi connectivity index (χ0) is 28.7. The Kier molecular flexibility index (Phi) is 10.7. The lowest BCUT2D eigenvalue weighted by Gasteiger charge is -2.41. The molecule has 3 rings (SSSR count). The van der Waals surface area contributed by atoms with Crippen LogP contribution in [0, 0.1) is 5.92 Å². The Hall–Kier alpha value is -3.20. The summed E-state index contributed by atoms with van der Waals surface area (Å²) in [6, 6.07) is 5.06. The normalized spacial score (nSPS) is 29.7. The molecule has 4 N–H and O–H groups in total. The van der Waals surface area contributed by atoms with Crippen LogP contribution in [0.25, 0.3) is 0 Å². The number of allylic oxidation sites excluding steroid dienone is 1. The summed E-state index contributed by atoms with van der Waals surface area (Å²) in [5, 5.41) is 39.9. The summed E-state index contributed by atoms with van der Waals surface area (Å²) in [6.45, 7) is 0.911. The largest absolute Gasteiger partial charge is 0.493 e.